The van der Waals surface area contributed by atoms with Gasteiger partial charge in [-0.15, -0.1) is 11.3 Å². The number of nitrogens with one attached hydrogen (secondary N) is 2. The van der Waals surface area contributed by atoms with Crippen LogP contribution < -0.4 is 5.32 Å². The molecule has 20 heavy (non-hydrogen) atoms. The van der Waals surface area contributed by atoms with Crippen LogP contribution in [0.15, 0.2) is 23.7 Å². The van der Waals surface area contributed by atoms with Crippen LogP contribution in [-0.2, 0) is 9.53 Å². The minimum atomic E-state index is -0.399. The summed E-state index contributed by atoms with van der Waals surface area (Å²) < 4.78 is 4.67. The van der Waals surface area contributed by atoms with Gasteiger partial charge in [0.15, 0.2) is 0 Å². The first-order chi connectivity index (χ1) is 9.61. The Morgan fingerprint density at radius 1 is 1.55 bits per heavy atom. The molecule has 0 aromatic carbocycles. The standard InChI is InChI=1S/C13H15N3O3S/c1-8-9(7-14-16-8)13(18)15-10(6-12(17)19-2)11-4-3-5-20-11/h3-5,7,10H,6H2,1-2H3,(H,14,16)(H,15,18). The fraction of sp³-hybridized carbons (Fsp3) is 0.308. The molecule has 0 aliphatic rings. The number of aryl methyl sites for hydroxylation is 1. The van der Waals surface area contributed by atoms with Gasteiger partial charge in [0.1, 0.15) is 0 Å². The van der Waals surface area contributed by atoms with E-state index in [1.165, 1.54) is 24.6 Å². The fourth-order valence-corrected chi connectivity index (χ4v) is 2.56. The van der Waals surface area contributed by atoms with Crippen molar-refractivity contribution in [3.05, 3.63) is 39.8 Å². The van der Waals surface area contributed by atoms with Crippen LogP contribution in [0.1, 0.15) is 33.4 Å². The molecule has 0 bridgehead atoms. The predicted molar refractivity (Wildman–Crippen MR) is 74.5 cm³/mol. The minimum absolute atomic E-state index is 0.0969. The Kier molecular flexibility index (Phi) is 4.52. The first-order valence-corrected chi connectivity index (χ1v) is 6.91. The Hall–Kier alpha value is -2.15. The monoisotopic (exact) mass is 293 g/mol. The number of ether oxygens (including phenoxy) is 1. The number of carbonyl (C=O) groups is 2. The number of rotatable bonds is 5. The molecule has 0 saturated heterocycles. The molecule has 1 atom stereocenters. The summed E-state index contributed by atoms with van der Waals surface area (Å²) in [6.45, 7) is 1.77. The number of aromatic nitrogens is 2. The van der Waals surface area contributed by atoms with Gasteiger partial charge >= 0.3 is 5.97 Å². The lowest BCUT2D eigenvalue weighted by molar-refractivity contribution is -0.141. The van der Waals surface area contributed by atoms with Gasteiger partial charge < -0.3 is 10.1 Å². The number of H-pyrrole nitrogens is 1. The molecule has 1 amide bonds. The van der Waals surface area contributed by atoms with Gasteiger partial charge in [-0.1, -0.05) is 6.07 Å². The van der Waals surface area contributed by atoms with Crippen molar-refractivity contribution in [2.24, 2.45) is 0 Å². The van der Waals surface area contributed by atoms with Crippen molar-refractivity contribution in [3.63, 3.8) is 0 Å². The topological polar surface area (TPSA) is 84.1 Å². The molecule has 7 heteroatoms. The van der Waals surface area contributed by atoms with E-state index in [2.05, 4.69) is 20.3 Å². The maximum absolute atomic E-state index is 12.2. The summed E-state index contributed by atoms with van der Waals surface area (Å²) >= 11 is 1.48. The van der Waals surface area contributed by atoms with E-state index in [9.17, 15) is 9.59 Å². The Morgan fingerprint density at radius 2 is 2.35 bits per heavy atom. The molecule has 0 aliphatic heterocycles. The van der Waals surface area contributed by atoms with Crippen LogP contribution in [0.5, 0.6) is 0 Å². The molecule has 2 aromatic rings. The van der Waals surface area contributed by atoms with Crippen LogP contribution in [0.2, 0.25) is 0 Å². The van der Waals surface area contributed by atoms with Crippen LogP contribution in [0.3, 0.4) is 0 Å². The molecule has 2 aromatic heterocycles. The molecular weight excluding hydrogens is 278 g/mol. The lowest BCUT2D eigenvalue weighted by atomic mass is 10.1. The third kappa shape index (κ3) is 3.24. The summed E-state index contributed by atoms with van der Waals surface area (Å²) in [5.74, 6) is -0.633. The highest BCUT2D eigenvalue weighted by molar-refractivity contribution is 7.10. The van der Waals surface area contributed by atoms with Crippen LogP contribution in [0, 0.1) is 6.92 Å². The molecule has 6 nitrogen and oxygen atoms in total. The van der Waals surface area contributed by atoms with Crippen LogP contribution in [-0.4, -0.2) is 29.2 Å². The van der Waals surface area contributed by atoms with Crippen molar-refractivity contribution in [1.29, 1.82) is 0 Å². The Balaban J connectivity index is 2.14. The molecule has 2 heterocycles. The van der Waals surface area contributed by atoms with Gasteiger partial charge in [-0.05, 0) is 18.4 Å². The van der Waals surface area contributed by atoms with E-state index in [-0.39, 0.29) is 18.3 Å². The molecule has 2 rings (SSSR count). The van der Waals surface area contributed by atoms with Crippen LogP contribution in [0.25, 0.3) is 0 Å². The number of carbonyl (C=O) groups excluding carboxylic acids is 2. The van der Waals surface area contributed by atoms with Gasteiger partial charge in [-0.2, -0.15) is 5.10 Å². The number of aromatic amines is 1. The average Bonchev–Trinajstić information content (AvgIpc) is 3.08. The Bertz CT molecular complexity index is 592. The van der Waals surface area contributed by atoms with Gasteiger partial charge in [0.25, 0.3) is 5.91 Å². The minimum Gasteiger partial charge on any atom is -0.469 e. The summed E-state index contributed by atoms with van der Waals surface area (Å²) in [6.07, 6.45) is 1.56. The number of nitrogens with zero attached hydrogens (tertiary/aromatic N) is 1. The van der Waals surface area contributed by atoms with Gasteiger partial charge in [0.2, 0.25) is 0 Å². The summed E-state index contributed by atoms with van der Waals surface area (Å²) in [6, 6.07) is 3.35. The fourth-order valence-electron chi connectivity index (χ4n) is 1.78. The summed E-state index contributed by atoms with van der Waals surface area (Å²) in [7, 11) is 1.33. The second-order valence-electron chi connectivity index (χ2n) is 4.23. The second kappa shape index (κ2) is 6.33. The summed E-state index contributed by atoms with van der Waals surface area (Å²) in [4.78, 5) is 24.6. The van der Waals surface area contributed by atoms with Crippen molar-refractivity contribution in [2.45, 2.75) is 19.4 Å². The molecule has 0 spiro atoms. The van der Waals surface area contributed by atoms with E-state index in [1.54, 1.807) is 6.92 Å². The first kappa shape index (κ1) is 14.3. The quantitative estimate of drug-likeness (QED) is 0.823. The zero-order chi connectivity index (χ0) is 14.5. The average molecular weight is 293 g/mol. The third-order valence-corrected chi connectivity index (χ3v) is 3.85. The highest BCUT2D eigenvalue weighted by Gasteiger charge is 2.21. The number of hydrogen-bond acceptors (Lipinski definition) is 5. The van der Waals surface area contributed by atoms with Gasteiger partial charge in [-0.3, -0.25) is 14.7 Å². The summed E-state index contributed by atoms with van der Waals surface area (Å²) in [5, 5.41) is 11.3. The largest absolute Gasteiger partial charge is 0.469 e. The molecule has 106 valence electrons. The number of thiophene rings is 1. The van der Waals surface area contributed by atoms with Gasteiger partial charge in [-0.25, -0.2) is 0 Å². The predicted octanol–water partition coefficient (Wildman–Crippen LogP) is 1.81. The van der Waals surface area contributed by atoms with E-state index in [1.807, 2.05) is 17.5 Å². The van der Waals surface area contributed by atoms with E-state index < -0.39 is 6.04 Å². The molecule has 1 unspecified atom stereocenters. The lowest BCUT2D eigenvalue weighted by Gasteiger charge is -2.16. The van der Waals surface area contributed by atoms with Crippen LogP contribution >= 0.6 is 11.3 Å². The maximum atomic E-state index is 12.2. The normalized spacial score (nSPS) is 11.9. The van der Waals surface area contributed by atoms with Crippen molar-refractivity contribution in [1.82, 2.24) is 15.5 Å². The first-order valence-electron chi connectivity index (χ1n) is 6.03. The second-order valence-corrected chi connectivity index (χ2v) is 5.21. The van der Waals surface area contributed by atoms with Crippen molar-refractivity contribution < 1.29 is 14.3 Å². The van der Waals surface area contributed by atoms with Crippen molar-refractivity contribution in [3.8, 4) is 0 Å². The number of esters is 1. The Morgan fingerprint density at radius 3 is 2.90 bits per heavy atom. The maximum Gasteiger partial charge on any atom is 0.307 e. The lowest BCUT2D eigenvalue weighted by Crippen LogP contribution is -2.30. The van der Waals surface area contributed by atoms with Gasteiger partial charge in [0, 0.05) is 10.6 Å². The molecular formula is C13H15N3O3S. The number of amides is 1. The van der Waals surface area contributed by atoms with E-state index >= 15 is 0 Å². The Labute approximate surface area is 120 Å². The van der Waals surface area contributed by atoms with Crippen molar-refractivity contribution >= 4 is 23.2 Å². The molecule has 0 saturated carbocycles. The van der Waals surface area contributed by atoms with Crippen molar-refractivity contribution in [2.75, 3.05) is 7.11 Å². The molecule has 0 fully saturated rings. The molecule has 0 radical (unpaired) electrons. The zero-order valence-corrected chi connectivity index (χ0v) is 12.0. The summed E-state index contributed by atoms with van der Waals surface area (Å²) in [5.41, 5.74) is 1.15. The van der Waals surface area contributed by atoms with E-state index in [4.69, 9.17) is 0 Å². The van der Waals surface area contributed by atoms with E-state index in [0.717, 1.165) is 4.88 Å². The zero-order valence-electron chi connectivity index (χ0n) is 11.2. The third-order valence-electron chi connectivity index (χ3n) is 2.86. The molecule has 2 N–H and O–H groups in total. The van der Waals surface area contributed by atoms with Gasteiger partial charge in [0.05, 0.1) is 31.3 Å². The highest BCUT2D eigenvalue weighted by atomic mass is 32.1. The highest BCUT2D eigenvalue weighted by Crippen LogP contribution is 2.23. The number of hydrogen-bond donors (Lipinski definition) is 2. The molecule has 0 aliphatic carbocycles. The number of methoxy groups -OCH3 is 1. The van der Waals surface area contributed by atoms with Crippen LogP contribution in [0.4, 0.5) is 0 Å². The van der Waals surface area contributed by atoms with E-state index in [0.29, 0.717) is 11.3 Å². The SMILES string of the molecule is COC(=O)CC(NC(=O)c1cn[nH]c1C)c1cccs1. The smallest absolute Gasteiger partial charge is 0.307 e.